The molecule has 1 rings (SSSR count). The number of carbonyl (C=O) groups excluding carboxylic acids is 1. The lowest BCUT2D eigenvalue weighted by Crippen LogP contribution is -2.04. The van der Waals surface area contributed by atoms with Crippen LogP contribution in [0.2, 0.25) is 0 Å². The highest BCUT2D eigenvalue weighted by Crippen LogP contribution is 2.08. The third-order valence-corrected chi connectivity index (χ3v) is 0.968. The van der Waals surface area contributed by atoms with E-state index in [1.54, 1.807) is 6.92 Å². The van der Waals surface area contributed by atoms with Crippen LogP contribution in [0.3, 0.4) is 0 Å². The van der Waals surface area contributed by atoms with Crippen molar-refractivity contribution in [3.8, 4) is 6.08 Å². The number of ether oxygens (including phenoxy) is 1. The Morgan fingerprint density at radius 1 is 1.82 bits per heavy atom. The molecular formula is C6H6NO4. The number of hydrogen-bond donors (Lipinski definition) is 0. The van der Waals surface area contributed by atoms with Gasteiger partial charge in [-0.3, -0.25) is 0 Å². The minimum atomic E-state index is -0.784. The van der Waals surface area contributed by atoms with E-state index in [2.05, 4.69) is 14.1 Å². The summed E-state index contributed by atoms with van der Waals surface area (Å²) in [6.07, 6.45) is 0.188. The van der Waals surface area contributed by atoms with Gasteiger partial charge in [-0.25, -0.2) is 9.90 Å². The SMILES string of the molecule is CCOC(=O)c1coc([O])n1. The third kappa shape index (κ3) is 1.70. The second-order valence-electron chi connectivity index (χ2n) is 1.72. The molecule has 11 heavy (non-hydrogen) atoms. The lowest BCUT2D eigenvalue weighted by Gasteiger charge is -1.93. The maximum Gasteiger partial charge on any atom is 0.439 e. The van der Waals surface area contributed by atoms with E-state index in [4.69, 9.17) is 0 Å². The first-order valence-electron chi connectivity index (χ1n) is 3.03. The lowest BCUT2D eigenvalue weighted by molar-refractivity contribution is 0.0519. The highest BCUT2D eigenvalue weighted by atomic mass is 16.5. The van der Waals surface area contributed by atoms with Crippen molar-refractivity contribution in [2.45, 2.75) is 6.92 Å². The molecule has 1 heterocycles. The Balaban J connectivity index is 2.69. The van der Waals surface area contributed by atoms with Crippen LogP contribution in [0.25, 0.3) is 0 Å². The summed E-state index contributed by atoms with van der Waals surface area (Å²) in [5, 5.41) is 10.3. The Morgan fingerprint density at radius 3 is 3.00 bits per heavy atom. The van der Waals surface area contributed by atoms with Crippen molar-refractivity contribution in [3.05, 3.63) is 12.0 Å². The predicted octanol–water partition coefficient (Wildman–Crippen LogP) is 0.995. The number of esters is 1. The van der Waals surface area contributed by atoms with Gasteiger partial charge in [0.05, 0.1) is 6.61 Å². The molecule has 0 aliphatic heterocycles. The zero-order chi connectivity index (χ0) is 8.27. The molecule has 5 heteroatoms. The standard InChI is InChI=1S/C6H6NO4/c1-2-10-5(8)4-3-11-6(9)7-4/h3H,2H2,1H3. The first-order valence-corrected chi connectivity index (χ1v) is 3.03. The first kappa shape index (κ1) is 7.59. The summed E-state index contributed by atoms with van der Waals surface area (Å²) in [5.41, 5.74) is -0.0862. The molecule has 0 spiro atoms. The van der Waals surface area contributed by atoms with Crippen molar-refractivity contribution in [1.29, 1.82) is 0 Å². The number of oxazole rings is 1. The molecule has 0 saturated heterocycles. The summed E-state index contributed by atoms with van der Waals surface area (Å²) in [7, 11) is 0. The molecule has 0 fully saturated rings. The van der Waals surface area contributed by atoms with E-state index in [1.165, 1.54) is 0 Å². The van der Waals surface area contributed by atoms with Crippen molar-refractivity contribution in [2.75, 3.05) is 6.61 Å². The van der Waals surface area contributed by atoms with Gasteiger partial charge in [0.15, 0.2) is 5.69 Å². The van der Waals surface area contributed by atoms with Gasteiger partial charge in [-0.2, -0.15) is 4.98 Å². The zero-order valence-corrected chi connectivity index (χ0v) is 5.86. The summed E-state index contributed by atoms with van der Waals surface area (Å²) in [4.78, 5) is 14.0. The molecule has 1 aromatic heterocycles. The average molecular weight is 156 g/mol. The molecule has 0 bridgehead atoms. The Morgan fingerprint density at radius 2 is 2.55 bits per heavy atom. The fraction of sp³-hybridized carbons (Fsp3) is 0.333. The molecule has 0 saturated carbocycles. The van der Waals surface area contributed by atoms with E-state index >= 15 is 0 Å². The third-order valence-electron chi connectivity index (χ3n) is 0.968. The van der Waals surface area contributed by atoms with E-state index in [-0.39, 0.29) is 12.3 Å². The van der Waals surface area contributed by atoms with Gasteiger partial charge in [-0.05, 0) is 6.92 Å². The van der Waals surface area contributed by atoms with Gasteiger partial charge >= 0.3 is 12.0 Å². The van der Waals surface area contributed by atoms with Gasteiger partial charge < -0.3 is 9.15 Å². The fourth-order valence-corrected chi connectivity index (χ4v) is 0.556. The maximum atomic E-state index is 10.8. The van der Waals surface area contributed by atoms with Gasteiger partial charge in [-0.15, -0.1) is 0 Å². The largest absolute Gasteiger partial charge is 0.461 e. The molecule has 59 valence electrons. The van der Waals surface area contributed by atoms with Crippen LogP contribution in [0.5, 0.6) is 6.08 Å². The number of hydrogen-bond acceptors (Lipinski definition) is 4. The summed E-state index contributed by atoms with van der Waals surface area (Å²) in [6, 6.07) is 0. The van der Waals surface area contributed by atoms with Gasteiger partial charge in [0.2, 0.25) is 0 Å². The smallest absolute Gasteiger partial charge is 0.439 e. The maximum absolute atomic E-state index is 10.8. The van der Waals surface area contributed by atoms with Crippen LogP contribution in [0, 0.1) is 0 Å². The van der Waals surface area contributed by atoms with Gasteiger partial charge in [0.1, 0.15) is 6.26 Å². The van der Waals surface area contributed by atoms with Crippen molar-refractivity contribution in [1.82, 2.24) is 4.98 Å². The van der Waals surface area contributed by atoms with E-state index in [1.807, 2.05) is 0 Å². The Hall–Kier alpha value is -1.52. The van der Waals surface area contributed by atoms with Crippen molar-refractivity contribution in [3.63, 3.8) is 0 Å². The van der Waals surface area contributed by atoms with Crippen LogP contribution >= 0.6 is 0 Å². The minimum Gasteiger partial charge on any atom is -0.461 e. The van der Waals surface area contributed by atoms with Gasteiger partial charge in [0, 0.05) is 0 Å². The topological polar surface area (TPSA) is 72.2 Å². The Bertz CT molecular complexity index is 255. The second-order valence-corrected chi connectivity index (χ2v) is 1.72. The summed E-state index contributed by atoms with van der Waals surface area (Å²) in [5.74, 6) is -0.640. The predicted molar refractivity (Wildman–Crippen MR) is 32.6 cm³/mol. The van der Waals surface area contributed by atoms with Gasteiger partial charge in [0.25, 0.3) is 0 Å². The number of rotatable bonds is 2. The summed E-state index contributed by atoms with van der Waals surface area (Å²) >= 11 is 0. The van der Waals surface area contributed by atoms with Crippen molar-refractivity contribution in [2.24, 2.45) is 0 Å². The molecule has 0 aromatic carbocycles. The van der Waals surface area contributed by atoms with Crippen LogP contribution < -0.4 is 0 Å². The molecule has 0 N–H and O–H groups in total. The van der Waals surface area contributed by atoms with E-state index in [9.17, 15) is 9.90 Å². The molecule has 5 nitrogen and oxygen atoms in total. The lowest BCUT2D eigenvalue weighted by atomic mass is 10.5. The van der Waals surface area contributed by atoms with Gasteiger partial charge in [-0.1, -0.05) is 0 Å². The van der Waals surface area contributed by atoms with E-state index in [0.29, 0.717) is 0 Å². The average Bonchev–Trinajstić information content (AvgIpc) is 2.36. The Labute approximate surface area is 62.6 Å². The number of aromatic nitrogens is 1. The quantitative estimate of drug-likeness (QED) is 0.598. The molecule has 0 atom stereocenters. The Kier molecular flexibility index (Phi) is 2.10. The minimum absolute atomic E-state index is 0.0862. The number of carbonyl (C=O) groups is 1. The molecule has 0 unspecified atom stereocenters. The summed E-state index contributed by atoms with van der Waals surface area (Å²) in [6.45, 7) is 1.91. The molecule has 1 aromatic rings. The zero-order valence-electron chi connectivity index (χ0n) is 5.86. The van der Waals surface area contributed by atoms with E-state index in [0.717, 1.165) is 6.26 Å². The molecular weight excluding hydrogens is 150 g/mol. The fourth-order valence-electron chi connectivity index (χ4n) is 0.556. The van der Waals surface area contributed by atoms with Crippen LogP contribution in [0.1, 0.15) is 17.4 Å². The monoisotopic (exact) mass is 156 g/mol. The molecule has 0 amide bonds. The van der Waals surface area contributed by atoms with Crippen LogP contribution in [-0.4, -0.2) is 17.6 Å². The summed E-state index contributed by atoms with van der Waals surface area (Å²) < 4.78 is 8.81. The first-order chi connectivity index (χ1) is 5.24. The second kappa shape index (κ2) is 3.05. The normalized spacial score (nSPS) is 9.55. The highest BCUT2D eigenvalue weighted by molar-refractivity contribution is 5.86. The molecule has 0 aliphatic rings. The molecule has 0 aliphatic carbocycles. The van der Waals surface area contributed by atoms with Crippen LogP contribution in [0.4, 0.5) is 0 Å². The van der Waals surface area contributed by atoms with Crippen molar-refractivity contribution < 1.29 is 19.1 Å². The molecule has 1 radical (unpaired) electrons. The number of nitrogens with zero attached hydrogens (tertiary/aromatic N) is 1. The highest BCUT2D eigenvalue weighted by Gasteiger charge is 2.12. The van der Waals surface area contributed by atoms with E-state index < -0.39 is 12.0 Å². The van der Waals surface area contributed by atoms with Crippen LogP contribution in [0.15, 0.2) is 10.7 Å². The van der Waals surface area contributed by atoms with Crippen LogP contribution in [-0.2, 0) is 9.84 Å². The van der Waals surface area contributed by atoms with Crippen molar-refractivity contribution >= 4 is 5.97 Å².